The Bertz CT molecular complexity index is 6790. The number of nitrogens with one attached hydrogen (secondary N) is 14. The number of H-pyrrole nitrogens is 4. The molecule has 0 spiro atoms. The van der Waals surface area contributed by atoms with E-state index in [4.69, 9.17) is 29.5 Å². The van der Waals surface area contributed by atoms with Crippen LogP contribution in [0.25, 0.3) is 49.4 Å². The van der Waals surface area contributed by atoms with Gasteiger partial charge >= 0.3 is 30.2 Å². The molecule has 5 aromatic heterocycles. The van der Waals surface area contributed by atoms with Crippen LogP contribution >= 0.6 is 0 Å². The number of hydrogen-bond donors (Lipinski definition) is 18. The van der Waals surface area contributed by atoms with Crippen LogP contribution in [0.5, 0.6) is 0 Å². The number of amides is 10. The number of anilines is 8. The number of primary amides is 1. The Labute approximate surface area is 841 Å². The lowest BCUT2D eigenvalue weighted by Crippen LogP contribution is -2.31. The molecule has 1 saturated carbocycles. The Morgan fingerprint density at radius 1 is 0.390 bits per heavy atom. The van der Waals surface area contributed by atoms with Crippen molar-refractivity contribution in [3.63, 3.8) is 0 Å². The fraction of sp³-hybridized carbons (Fsp3) is 0.292. The second-order valence-electron chi connectivity index (χ2n) is 34.8. The number of nitrogens with zero attached hydrogens (tertiary/aromatic N) is 9. The van der Waals surface area contributed by atoms with E-state index >= 15 is 0 Å². The molecule has 40 heteroatoms. The van der Waals surface area contributed by atoms with Crippen LogP contribution in [-0.4, -0.2) is 168 Å². The number of hydrogen-bond acceptors (Lipinski definition) is 21. The molecule has 1 fully saturated rings. The first kappa shape index (κ1) is 110. The lowest BCUT2D eigenvalue weighted by atomic mass is 10.1. The predicted molar refractivity (Wildman–Crippen MR) is 563 cm³/mol. The summed E-state index contributed by atoms with van der Waals surface area (Å²) >= 11 is 0. The number of rotatable bonds is 43. The van der Waals surface area contributed by atoms with Gasteiger partial charge in [-0.3, -0.25) is 80.1 Å². The van der Waals surface area contributed by atoms with Crippen molar-refractivity contribution in [3.8, 4) is 44.5 Å². The van der Waals surface area contributed by atoms with Gasteiger partial charge in [0.1, 0.15) is 23.3 Å². The summed E-state index contributed by atoms with van der Waals surface area (Å²) in [7, 11) is 0. The van der Waals surface area contributed by atoms with Gasteiger partial charge in [-0.25, -0.2) is 68.0 Å². The molecule has 1 aliphatic rings. The quantitative estimate of drug-likeness (QED) is 0.00958. The van der Waals surface area contributed by atoms with Crippen molar-refractivity contribution in [2.24, 2.45) is 28.9 Å². The highest BCUT2D eigenvalue weighted by atomic mass is 19.1. The fourth-order valence-electron chi connectivity index (χ4n) is 15.2. The Kier molecular flexibility index (Phi) is 43.1. The first-order valence-electron chi connectivity index (χ1n) is 47.9. The van der Waals surface area contributed by atoms with Gasteiger partial charge in [0.15, 0.2) is 0 Å². The maximum atomic E-state index is 13.9. The number of pyridine rings is 1. The number of aromatic amines is 4. The molecule has 0 atom stereocenters. The van der Waals surface area contributed by atoms with Crippen LogP contribution in [0.3, 0.4) is 0 Å². The van der Waals surface area contributed by atoms with Crippen molar-refractivity contribution in [1.82, 2.24) is 70.2 Å². The number of aryl methyl sites for hydroxylation is 5. The Hall–Kier alpha value is -16.3. The molecule has 5 heterocycles. The van der Waals surface area contributed by atoms with Crippen molar-refractivity contribution in [2.45, 2.75) is 118 Å². The largest absolute Gasteiger partial charge is 0.352 e. The Morgan fingerprint density at radius 3 is 1.09 bits per heavy atom. The molecular formula is C106H123F4N27O9. The third-order valence-electron chi connectivity index (χ3n) is 23.3. The zero-order valence-electron chi connectivity index (χ0n) is 81.8. The van der Waals surface area contributed by atoms with Gasteiger partial charge < -0.3 is 59.7 Å². The summed E-state index contributed by atoms with van der Waals surface area (Å²) in [5, 5.41) is 25.6. The number of nitrogens with two attached hydrogens (primary N) is 4. The fourth-order valence-corrected chi connectivity index (χ4v) is 15.2. The summed E-state index contributed by atoms with van der Waals surface area (Å²) in [5.74, 6) is -2.49. The smallest absolute Gasteiger partial charge is 0.326 e. The Balaban J connectivity index is 0.000000186. The zero-order chi connectivity index (χ0) is 104. The van der Waals surface area contributed by atoms with E-state index in [-0.39, 0.29) is 57.4 Å². The van der Waals surface area contributed by atoms with E-state index in [9.17, 15) is 60.7 Å². The van der Waals surface area contributed by atoms with Crippen LogP contribution in [0.1, 0.15) is 108 Å². The number of urea groups is 5. The van der Waals surface area contributed by atoms with E-state index in [0.29, 0.717) is 103 Å². The molecule has 22 N–H and O–H groups in total. The summed E-state index contributed by atoms with van der Waals surface area (Å²) in [5.41, 5.74) is 33.7. The SMILES string of the molecule is Cc1cc(NC(=O)Nc2ncc(-c3ccc(CN(CCCN)CCCc4cccnc4)cc3)c(=O)[nH]2)c(F)cc1F.Cc1cc(NC(=O)Nc2ncc(-c3ccc(CNCCCNC(N)=O)cc3)c(=O)[nH]2)c(F)cc1F.Cc1ccccc1NC(=O)Nc1ncc(-c2ccc(CN(CCCN)CCC3CC3)cc2)c(=O)[nH]1.[C-]#[N+]CCCN(CCCN)Cc1ccc(-c2cnc(NC(=O)Nc3ccccc3C)[nH]c2=O)cc1. The summed E-state index contributed by atoms with van der Waals surface area (Å²) < 4.78 is 54.6. The Morgan fingerprint density at radius 2 is 0.747 bits per heavy atom. The molecule has 0 unspecified atom stereocenters. The first-order valence-corrected chi connectivity index (χ1v) is 47.9. The molecule has 0 radical (unpaired) electrons. The lowest BCUT2D eigenvalue weighted by Gasteiger charge is -2.22. The van der Waals surface area contributed by atoms with E-state index < -0.39 is 64.5 Å². The molecule has 0 bridgehead atoms. The number of halogens is 4. The van der Waals surface area contributed by atoms with E-state index in [2.05, 4.69) is 136 Å². The monoisotopic (exact) mass is 1990 g/mol. The van der Waals surface area contributed by atoms with Crippen molar-refractivity contribution < 1.29 is 41.5 Å². The minimum absolute atomic E-state index is 0.0661. The van der Waals surface area contributed by atoms with Crippen molar-refractivity contribution in [3.05, 3.63) is 345 Å². The maximum absolute atomic E-state index is 13.9. The molecule has 8 aromatic carbocycles. The molecule has 36 nitrogen and oxygen atoms in total. The molecule has 1 aliphatic carbocycles. The van der Waals surface area contributed by atoms with Crippen LogP contribution in [-0.2, 0) is 32.6 Å². The van der Waals surface area contributed by atoms with Gasteiger partial charge in [-0.1, -0.05) is 152 Å². The number of para-hydroxylation sites is 2. The second-order valence-corrected chi connectivity index (χ2v) is 34.8. The van der Waals surface area contributed by atoms with Crippen molar-refractivity contribution in [2.75, 3.05) is 121 Å². The normalized spacial score (nSPS) is 11.3. The van der Waals surface area contributed by atoms with Gasteiger partial charge in [-0.2, -0.15) is 0 Å². The van der Waals surface area contributed by atoms with Crippen molar-refractivity contribution >= 4 is 76.7 Å². The number of carbonyl (C=O) groups is 5. The average Bonchev–Trinajstić information content (AvgIpc) is 1.52. The van der Waals surface area contributed by atoms with Crippen LogP contribution < -0.4 is 98.3 Å². The van der Waals surface area contributed by atoms with Crippen LogP contribution in [0.4, 0.5) is 88.1 Å². The summed E-state index contributed by atoms with van der Waals surface area (Å²) in [4.78, 5) is 152. The molecule has 13 aromatic rings. The van der Waals surface area contributed by atoms with Gasteiger partial charge in [-0.05, 0) is 240 Å². The third-order valence-corrected chi connectivity index (χ3v) is 23.3. The number of benzene rings is 8. The molecule has 0 aliphatic heterocycles. The summed E-state index contributed by atoms with van der Waals surface area (Å²) in [6.07, 6.45) is 19.6. The minimum atomic E-state index is -0.932. The predicted octanol–water partition coefficient (Wildman–Crippen LogP) is 15.9. The summed E-state index contributed by atoms with van der Waals surface area (Å²) in [6.45, 7) is 26.0. The highest BCUT2D eigenvalue weighted by Crippen LogP contribution is 2.33. The van der Waals surface area contributed by atoms with Gasteiger partial charge in [0.2, 0.25) is 30.3 Å². The van der Waals surface area contributed by atoms with E-state index in [1.54, 1.807) is 24.4 Å². The molecule has 764 valence electrons. The standard InChI is InChI=1S/C30H33F2N7O2.C27H34N6O2.C26H31N7O2.C23H25F2N7O3/c1-20-15-27(26(32)16-25(20)31)36-30(41)38-29-35-18-24(28(40)37-29)23-9-7-22(8-10-23)19-39(14-4-11-33)13-3-6-21-5-2-12-34-17-21;1-19-5-2-3-6-24(19)30-27(35)32-26-29-17-23(25(34)31-26)22-11-9-21(10-12-22)18-33(15-4-14-28)16-13-20-7-8-20;1-19-7-3-4-8-23(19)30-26(35)32-25-29-17-22(24(34)31-25)21-11-9-20(10-12-21)18-33(15-5-13-27)16-6-14-28-2;1-13-9-19(18(25)10-17(13)24)30-23(35)32-22-29-12-16(20(33)31-22)15-5-3-14(4-6-15)11-27-7-2-8-28-21(26)34/h2,5,7-10,12,15-18H,3-4,6,11,13-14,19,33H2,1H3,(H3,35,36,37,38,40,41);2-3,5-6,9-12,17,20H,4,7-8,13-16,18,28H2,1H3,(H3,29,30,31,32,34,35);3-4,7-12,17H,5-6,13-16,18,27H2,1H3,(H3,29,30,31,32,34,35);3-6,9-10,12,27H,2,7-8,11H2,1H3,(H3,26,28,34)(H3,29,30,31,32,33,35). The average molecular weight is 2000 g/mol. The van der Waals surface area contributed by atoms with E-state index in [1.807, 2.05) is 141 Å². The summed E-state index contributed by atoms with van der Waals surface area (Å²) in [6, 6.07) is 50.1. The van der Waals surface area contributed by atoms with Gasteiger partial charge in [0, 0.05) is 106 Å². The second kappa shape index (κ2) is 57.1. The maximum Gasteiger partial charge on any atom is 0.326 e. The van der Waals surface area contributed by atoms with Crippen molar-refractivity contribution in [1.29, 1.82) is 0 Å². The van der Waals surface area contributed by atoms with Crippen LogP contribution in [0.2, 0.25) is 0 Å². The van der Waals surface area contributed by atoms with Crippen LogP contribution in [0, 0.1) is 63.5 Å². The highest BCUT2D eigenvalue weighted by Gasteiger charge is 2.24. The lowest BCUT2D eigenvalue weighted by molar-refractivity contribution is 0.248. The number of carbonyl (C=O) groups excluding carboxylic acids is 5. The first-order chi connectivity index (χ1) is 70.5. The minimum Gasteiger partial charge on any atom is -0.352 e. The third kappa shape index (κ3) is 36.3. The van der Waals surface area contributed by atoms with E-state index in [1.165, 1.54) is 75.1 Å². The van der Waals surface area contributed by atoms with Gasteiger partial charge in [0.25, 0.3) is 22.2 Å². The number of aromatic nitrogens is 9. The van der Waals surface area contributed by atoms with Gasteiger partial charge in [-0.15, -0.1) is 0 Å². The van der Waals surface area contributed by atoms with E-state index in [0.717, 1.165) is 155 Å². The van der Waals surface area contributed by atoms with Gasteiger partial charge in [0.05, 0.1) is 33.6 Å². The van der Waals surface area contributed by atoms with Crippen LogP contribution in [0.15, 0.2) is 238 Å². The molecule has 0 saturated heterocycles. The molecule has 146 heavy (non-hydrogen) atoms. The highest BCUT2D eigenvalue weighted by molar-refractivity contribution is 6.01. The zero-order valence-corrected chi connectivity index (χ0v) is 81.8. The molecule has 14 rings (SSSR count). The molecule has 10 amide bonds. The topological polar surface area (TPSA) is 520 Å². The molecular weight excluding hydrogens is 1870 g/mol.